The molecule has 0 fully saturated rings. The molecule has 0 aliphatic rings. The normalized spacial score (nSPS) is 12.1. The van der Waals surface area contributed by atoms with Gasteiger partial charge in [0.1, 0.15) is 5.78 Å². The van der Waals surface area contributed by atoms with Crippen LogP contribution in [0.4, 0.5) is 5.69 Å². The van der Waals surface area contributed by atoms with Gasteiger partial charge in [0.25, 0.3) is 5.69 Å². The highest BCUT2D eigenvalue weighted by atomic mass is 16.6. The number of hydrogen-bond donors (Lipinski definition) is 0. The molecular weight excluding hydrogens is 196 g/mol. The Morgan fingerprint density at radius 2 is 2.33 bits per heavy atom. The third kappa shape index (κ3) is 2.59. The number of carbonyl (C=O) groups excluding carboxylic acids is 1. The van der Waals surface area contributed by atoms with E-state index in [-0.39, 0.29) is 17.4 Å². The van der Waals surface area contributed by atoms with Crippen LogP contribution in [0.1, 0.15) is 31.9 Å². The number of nitrogens with zero attached hydrogens (tertiary/aromatic N) is 2. The fourth-order valence-electron chi connectivity index (χ4n) is 1.45. The molecule has 0 aliphatic carbocycles. The number of carbonyl (C=O) groups is 1. The molecule has 15 heavy (non-hydrogen) atoms. The fraction of sp³-hybridized carbons (Fsp3) is 0.400. The van der Waals surface area contributed by atoms with Crippen LogP contribution in [-0.2, 0) is 4.79 Å². The lowest BCUT2D eigenvalue weighted by molar-refractivity contribution is -0.385. The lowest BCUT2D eigenvalue weighted by atomic mass is 9.97. The Kier molecular flexibility index (Phi) is 3.49. The first kappa shape index (κ1) is 11.3. The van der Waals surface area contributed by atoms with Crippen molar-refractivity contribution in [1.29, 1.82) is 0 Å². The van der Waals surface area contributed by atoms with Crippen LogP contribution < -0.4 is 0 Å². The molecule has 0 bridgehead atoms. The summed E-state index contributed by atoms with van der Waals surface area (Å²) in [5, 5.41) is 10.5. The van der Waals surface area contributed by atoms with Crippen molar-refractivity contribution in [2.45, 2.75) is 26.2 Å². The predicted octanol–water partition coefficient (Wildman–Crippen LogP) is 2.07. The van der Waals surface area contributed by atoms with E-state index in [2.05, 4.69) is 4.98 Å². The van der Waals surface area contributed by atoms with Crippen LogP contribution in [-0.4, -0.2) is 15.7 Å². The molecule has 0 aromatic carbocycles. The Hall–Kier alpha value is -1.78. The molecule has 1 heterocycles. The number of ketones is 1. The Balaban J connectivity index is 3.08. The van der Waals surface area contributed by atoms with Crippen molar-refractivity contribution in [1.82, 2.24) is 4.98 Å². The molecule has 0 spiro atoms. The first-order chi connectivity index (χ1) is 7.06. The van der Waals surface area contributed by atoms with Gasteiger partial charge >= 0.3 is 0 Å². The second kappa shape index (κ2) is 4.63. The van der Waals surface area contributed by atoms with Gasteiger partial charge in [0.05, 0.1) is 16.5 Å². The number of rotatable bonds is 4. The van der Waals surface area contributed by atoms with E-state index in [1.165, 1.54) is 25.3 Å². The minimum Gasteiger partial charge on any atom is -0.299 e. The summed E-state index contributed by atoms with van der Waals surface area (Å²) in [6, 6.07) is 2.67. The summed E-state index contributed by atoms with van der Waals surface area (Å²) < 4.78 is 0. The van der Waals surface area contributed by atoms with Crippen LogP contribution in [0.2, 0.25) is 0 Å². The van der Waals surface area contributed by atoms with Crippen molar-refractivity contribution in [2.75, 3.05) is 0 Å². The van der Waals surface area contributed by atoms with Crippen molar-refractivity contribution in [2.24, 2.45) is 0 Å². The summed E-state index contributed by atoms with van der Waals surface area (Å²) in [4.78, 5) is 25.3. The quantitative estimate of drug-likeness (QED) is 0.560. The van der Waals surface area contributed by atoms with Crippen molar-refractivity contribution in [3.63, 3.8) is 0 Å². The van der Waals surface area contributed by atoms with Gasteiger partial charge in [0.2, 0.25) is 0 Å². The monoisotopic (exact) mass is 208 g/mol. The summed E-state index contributed by atoms with van der Waals surface area (Å²) in [7, 11) is 0. The molecule has 5 nitrogen and oxygen atoms in total. The van der Waals surface area contributed by atoms with Gasteiger partial charge in [-0.25, -0.2) is 0 Å². The summed E-state index contributed by atoms with van der Waals surface area (Å²) in [6.07, 6.45) is 1.96. The van der Waals surface area contributed by atoms with Crippen LogP contribution >= 0.6 is 0 Å². The lowest BCUT2D eigenvalue weighted by Crippen LogP contribution is -2.09. The largest absolute Gasteiger partial charge is 0.299 e. The smallest absolute Gasteiger partial charge is 0.272 e. The molecule has 1 unspecified atom stereocenters. The van der Waals surface area contributed by atoms with E-state index in [1.54, 1.807) is 0 Å². The second-order valence-electron chi connectivity index (χ2n) is 3.27. The van der Waals surface area contributed by atoms with Crippen LogP contribution in [0, 0.1) is 10.1 Å². The Morgan fingerprint density at radius 1 is 1.67 bits per heavy atom. The third-order valence-electron chi connectivity index (χ3n) is 2.23. The van der Waals surface area contributed by atoms with E-state index < -0.39 is 4.92 Å². The highest BCUT2D eigenvalue weighted by Gasteiger charge is 2.18. The molecule has 1 aromatic rings. The van der Waals surface area contributed by atoms with Gasteiger partial charge in [0.15, 0.2) is 0 Å². The van der Waals surface area contributed by atoms with Gasteiger partial charge in [0, 0.05) is 18.3 Å². The highest BCUT2D eigenvalue weighted by Crippen LogP contribution is 2.21. The van der Waals surface area contributed by atoms with Crippen LogP contribution in [0.25, 0.3) is 0 Å². The van der Waals surface area contributed by atoms with E-state index in [0.29, 0.717) is 12.1 Å². The third-order valence-corrected chi connectivity index (χ3v) is 2.23. The van der Waals surface area contributed by atoms with Gasteiger partial charge in [-0.2, -0.15) is 0 Å². The molecule has 80 valence electrons. The fourth-order valence-corrected chi connectivity index (χ4v) is 1.45. The molecule has 1 rings (SSSR count). The number of hydrogen-bond acceptors (Lipinski definition) is 4. The zero-order chi connectivity index (χ0) is 11.4. The van der Waals surface area contributed by atoms with Gasteiger partial charge < -0.3 is 0 Å². The van der Waals surface area contributed by atoms with Gasteiger partial charge in [-0.1, -0.05) is 6.92 Å². The number of aromatic nitrogens is 1. The average Bonchev–Trinajstić information content (AvgIpc) is 2.18. The summed E-state index contributed by atoms with van der Waals surface area (Å²) in [6.45, 7) is 3.32. The number of pyridine rings is 1. The van der Waals surface area contributed by atoms with Crippen molar-refractivity contribution < 1.29 is 9.72 Å². The molecule has 0 saturated heterocycles. The van der Waals surface area contributed by atoms with Gasteiger partial charge in [-0.05, 0) is 13.3 Å². The Labute approximate surface area is 87.3 Å². The first-order valence-electron chi connectivity index (χ1n) is 4.67. The highest BCUT2D eigenvalue weighted by molar-refractivity contribution is 5.82. The summed E-state index contributed by atoms with van der Waals surface area (Å²) >= 11 is 0. The maximum atomic E-state index is 11.2. The molecule has 0 saturated carbocycles. The SMILES string of the molecule is CCC(C(C)=O)c1cc([N+](=O)[O-])ccn1. The topological polar surface area (TPSA) is 73.1 Å². The van der Waals surface area contributed by atoms with E-state index in [1.807, 2.05) is 6.92 Å². The molecule has 1 atom stereocenters. The minimum absolute atomic E-state index is 0.0227. The standard InChI is InChI=1S/C10H12N2O3/c1-3-9(7(2)13)10-6-8(12(14)15)4-5-11-10/h4-6,9H,3H2,1-2H3. The molecule has 5 heteroatoms. The predicted molar refractivity (Wildman–Crippen MR) is 54.6 cm³/mol. The summed E-state index contributed by atoms with van der Waals surface area (Å²) in [5.74, 6) is -0.365. The van der Waals surface area contributed by atoms with E-state index in [0.717, 1.165) is 0 Å². The molecule has 0 N–H and O–H groups in total. The van der Waals surface area contributed by atoms with Crippen LogP contribution in [0.5, 0.6) is 0 Å². The van der Waals surface area contributed by atoms with Crippen LogP contribution in [0.15, 0.2) is 18.3 Å². The van der Waals surface area contributed by atoms with Crippen molar-refractivity contribution in [3.05, 3.63) is 34.1 Å². The van der Waals surface area contributed by atoms with E-state index >= 15 is 0 Å². The molecular formula is C10H12N2O3. The number of Topliss-reactive ketones (excluding diaryl/α,β-unsaturated/α-hetero) is 1. The van der Waals surface area contributed by atoms with Crippen molar-refractivity contribution >= 4 is 11.5 Å². The lowest BCUT2D eigenvalue weighted by Gasteiger charge is -2.09. The molecule has 0 amide bonds. The zero-order valence-electron chi connectivity index (χ0n) is 8.64. The zero-order valence-corrected chi connectivity index (χ0v) is 8.64. The molecule has 0 radical (unpaired) electrons. The van der Waals surface area contributed by atoms with Gasteiger partial charge in [-0.15, -0.1) is 0 Å². The van der Waals surface area contributed by atoms with Crippen LogP contribution in [0.3, 0.4) is 0 Å². The van der Waals surface area contributed by atoms with Crippen molar-refractivity contribution in [3.8, 4) is 0 Å². The molecule has 1 aromatic heterocycles. The number of nitro groups is 1. The summed E-state index contributed by atoms with van der Waals surface area (Å²) in [5.41, 5.74) is 0.443. The Bertz CT molecular complexity index is 390. The van der Waals surface area contributed by atoms with Gasteiger partial charge in [-0.3, -0.25) is 19.9 Å². The maximum absolute atomic E-state index is 11.2. The second-order valence-corrected chi connectivity index (χ2v) is 3.27. The Morgan fingerprint density at radius 3 is 2.80 bits per heavy atom. The van der Waals surface area contributed by atoms with E-state index in [9.17, 15) is 14.9 Å². The first-order valence-corrected chi connectivity index (χ1v) is 4.67. The average molecular weight is 208 g/mol. The van der Waals surface area contributed by atoms with E-state index in [4.69, 9.17) is 0 Å². The molecule has 0 aliphatic heterocycles. The minimum atomic E-state index is -0.488. The maximum Gasteiger partial charge on any atom is 0.272 e.